The Balaban J connectivity index is 1.84. The highest BCUT2D eigenvalue weighted by atomic mass is 16.6. The molecule has 0 aromatic heterocycles. The summed E-state index contributed by atoms with van der Waals surface area (Å²) in [5.41, 5.74) is 0.663. The summed E-state index contributed by atoms with van der Waals surface area (Å²) in [6.07, 6.45) is 0.290. The van der Waals surface area contributed by atoms with Crippen LogP contribution in [0.4, 0.5) is 17.1 Å². The highest BCUT2D eigenvalue weighted by Gasteiger charge is 2.44. The van der Waals surface area contributed by atoms with Crippen LogP contribution in [0.3, 0.4) is 0 Å². The van der Waals surface area contributed by atoms with Crippen LogP contribution in [0.5, 0.6) is 0 Å². The van der Waals surface area contributed by atoms with Crippen LogP contribution in [-0.4, -0.2) is 39.5 Å². The van der Waals surface area contributed by atoms with Crippen molar-refractivity contribution in [2.45, 2.75) is 33.2 Å². The standard InChI is InChI=1S/C21H20N4O6/c1-4-17(26)22-13-9-8-11(2)15(10-13)23-19(27)12(3)24-20(28)14-6-5-7-16(25(30)31)18(14)21(24)29/h5-10,12H,4H2,1-3H3,(H,22,26)(H,23,27). The highest BCUT2D eigenvalue weighted by Crippen LogP contribution is 2.32. The Bertz CT molecular complexity index is 1130. The van der Waals surface area contributed by atoms with Crippen LogP contribution in [-0.2, 0) is 9.59 Å². The summed E-state index contributed by atoms with van der Waals surface area (Å²) in [7, 11) is 0. The van der Waals surface area contributed by atoms with E-state index < -0.39 is 34.4 Å². The molecule has 1 atom stereocenters. The minimum atomic E-state index is -1.22. The number of imide groups is 1. The van der Waals surface area contributed by atoms with Gasteiger partial charge in [-0.25, -0.2) is 0 Å². The van der Waals surface area contributed by atoms with Crippen LogP contribution < -0.4 is 10.6 Å². The number of benzene rings is 2. The van der Waals surface area contributed by atoms with E-state index in [0.717, 1.165) is 6.07 Å². The molecule has 0 aliphatic carbocycles. The number of carbonyl (C=O) groups is 4. The molecule has 0 fully saturated rings. The van der Waals surface area contributed by atoms with Gasteiger partial charge < -0.3 is 10.6 Å². The number of carbonyl (C=O) groups excluding carboxylic acids is 4. The Morgan fingerprint density at radius 1 is 1.13 bits per heavy atom. The number of amides is 4. The molecule has 1 aliphatic heterocycles. The number of hydrogen-bond donors (Lipinski definition) is 2. The van der Waals surface area contributed by atoms with Gasteiger partial charge >= 0.3 is 0 Å². The second-order valence-corrected chi connectivity index (χ2v) is 7.03. The van der Waals surface area contributed by atoms with Crippen molar-refractivity contribution in [3.8, 4) is 0 Å². The molecule has 0 spiro atoms. The van der Waals surface area contributed by atoms with Crippen molar-refractivity contribution in [3.63, 3.8) is 0 Å². The quantitative estimate of drug-likeness (QED) is 0.415. The highest BCUT2D eigenvalue weighted by molar-refractivity contribution is 6.24. The molecule has 0 saturated heterocycles. The third kappa shape index (κ3) is 4.00. The lowest BCUT2D eigenvalue weighted by atomic mass is 10.1. The molecule has 3 rings (SSSR count). The van der Waals surface area contributed by atoms with Gasteiger partial charge in [0.05, 0.1) is 10.5 Å². The number of nitrogens with one attached hydrogen (secondary N) is 2. The molecule has 10 nitrogen and oxygen atoms in total. The van der Waals surface area contributed by atoms with Gasteiger partial charge in [0.15, 0.2) is 0 Å². The van der Waals surface area contributed by atoms with Crippen molar-refractivity contribution < 1.29 is 24.1 Å². The van der Waals surface area contributed by atoms with Gasteiger partial charge in [-0.3, -0.25) is 34.2 Å². The van der Waals surface area contributed by atoms with Crippen molar-refractivity contribution in [1.29, 1.82) is 0 Å². The summed E-state index contributed by atoms with van der Waals surface area (Å²) in [4.78, 5) is 61.1. The van der Waals surface area contributed by atoms with E-state index >= 15 is 0 Å². The van der Waals surface area contributed by atoms with Gasteiger partial charge in [0.2, 0.25) is 11.8 Å². The smallest absolute Gasteiger partial charge is 0.282 e. The molecule has 10 heteroatoms. The van der Waals surface area contributed by atoms with E-state index in [0.29, 0.717) is 28.3 Å². The molecule has 0 bridgehead atoms. The molecule has 2 aromatic rings. The van der Waals surface area contributed by atoms with Crippen LogP contribution in [0.2, 0.25) is 0 Å². The Hall–Kier alpha value is -4.08. The molecule has 0 radical (unpaired) electrons. The fourth-order valence-corrected chi connectivity index (χ4v) is 3.23. The number of nitrogens with zero attached hydrogens (tertiary/aromatic N) is 2. The SMILES string of the molecule is CCC(=O)Nc1ccc(C)c(NC(=O)C(C)N2C(=O)c3cccc([N+](=O)[O-])c3C2=O)c1. The van der Waals surface area contributed by atoms with Crippen molar-refractivity contribution in [1.82, 2.24) is 4.90 Å². The fourth-order valence-electron chi connectivity index (χ4n) is 3.23. The average Bonchev–Trinajstić information content (AvgIpc) is 3.00. The Labute approximate surface area is 177 Å². The van der Waals surface area contributed by atoms with Crippen LogP contribution in [0.1, 0.15) is 46.5 Å². The molecule has 0 saturated carbocycles. The van der Waals surface area contributed by atoms with Crippen LogP contribution >= 0.6 is 0 Å². The molecule has 2 aromatic carbocycles. The van der Waals surface area contributed by atoms with Gasteiger partial charge in [0.1, 0.15) is 11.6 Å². The zero-order valence-electron chi connectivity index (χ0n) is 17.1. The predicted octanol–water partition coefficient (Wildman–Crippen LogP) is 2.87. The summed E-state index contributed by atoms with van der Waals surface area (Å²) in [5.74, 6) is -2.51. The molecule has 1 heterocycles. The molecule has 2 N–H and O–H groups in total. The second kappa shape index (κ2) is 8.34. The number of anilines is 2. The normalized spacial score (nSPS) is 13.6. The first-order valence-corrected chi connectivity index (χ1v) is 9.52. The fraction of sp³-hybridized carbons (Fsp3) is 0.238. The number of fused-ring (bicyclic) bond motifs is 1. The number of hydrogen-bond acceptors (Lipinski definition) is 6. The summed E-state index contributed by atoms with van der Waals surface area (Å²) < 4.78 is 0. The zero-order chi connectivity index (χ0) is 22.9. The third-order valence-corrected chi connectivity index (χ3v) is 4.99. The van der Waals surface area contributed by atoms with Gasteiger partial charge in [-0.2, -0.15) is 0 Å². The molecule has 160 valence electrons. The minimum Gasteiger partial charge on any atom is -0.326 e. The Morgan fingerprint density at radius 2 is 1.84 bits per heavy atom. The maximum absolute atomic E-state index is 12.8. The summed E-state index contributed by atoms with van der Waals surface area (Å²) in [5, 5.41) is 16.6. The maximum atomic E-state index is 12.8. The number of aryl methyl sites for hydroxylation is 1. The van der Waals surface area contributed by atoms with E-state index in [1.165, 1.54) is 19.1 Å². The van der Waals surface area contributed by atoms with Crippen molar-refractivity contribution in [2.24, 2.45) is 0 Å². The van der Waals surface area contributed by atoms with E-state index in [2.05, 4.69) is 10.6 Å². The van der Waals surface area contributed by atoms with E-state index in [1.54, 1.807) is 32.0 Å². The number of rotatable bonds is 6. The van der Waals surface area contributed by atoms with Gasteiger partial charge in [-0.15, -0.1) is 0 Å². The van der Waals surface area contributed by atoms with Crippen LogP contribution in [0, 0.1) is 17.0 Å². The minimum absolute atomic E-state index is 0.112. The maximum Gasteiger partial charge on any atom is 0.282 e. The van der Waals surface area contributed by atoms with Gasteiger partial charge in [0, 0.05) is 23.9 Å². The van der Waals surface area contributed by atoms with Gasteiger partial charge in [-0.1, -0.05) is 19.1 Å². The van der Waals surface area contributed by atoms with Crippen molar-refractivity contribution >= 4 is 40.7 Å². The molecule has 4 amide bonds. The lowest BCUT2D eigenvalue weighted by Crippen LogP contribution is -2.45. The van der Waals surface area contributed by atoms with Crippen LogP contribution in [0.25, 0.3) is 0 Å². The largest absolute Gasteiger partial charge is 0.326 e. The Kier molecular flexibility index (Phi) is 5.82. The molecule has 1 unspecified atom stereocenters. The summed E-state index contributed by atoms with van der Waals surface area (Å²) >= 11 is 0. The Morgan fingerprint density at radius 3 is 2.48 bits per heavy atom. The van der Waals surface area contributed by atoms with Gasteiger partial charge in [0.25, 0.3) is 17.5 Å². The molecule has 1 aliphatic rings. The van der Waals surface area contributed by atoms with E-state index in [1.807, 2.05) is 0 Å². The van der Waals surface area contributed by atoms with Crippen molar-refractivity contribution in [3.05, 3.63) is 63.2 Å². The lowest BCUT2D eigenvalue weighted by molar-refractivity contribution is -0.385. The topological polar surface area (TPSA) is 139 Å². The van der Waals surface area contributed by atoms with Crippen molar-refractivity contribution in [2.75, 3.05) is 10.6 Å². The monoisotopic (exact) mass is 424 g/mol. The van der Waals surface area contributed by atoms with Gasteiger partial charge in [-0.05, 0) is 37.6 Å². The average molecular weight is 424 g/mol. The summed E-state index contributed by atoms with van der Waals surface area (Å²) in [6, 6.07) is 7.51. The molecule has 31 heavy (non-hydrogen) atoms. The first-order chi connectivity index (χ1) is 14.6. The third-order valence-electron chi connectivity index (χ3n) is 4.99. The van der Waals surface area contributed by atoms with E-state index in [-0.39, 0.29) is 17.0 Å². The summed E-state index contributed by atoms with van der Waals surface area (Å²) in [6.45, 7) is 4.82. The number of nitro benzene ring substituents is 1. The van der Waals surface area contributed by atoms with E-state index in [4.69, 9.17) is 0 Å². The second-order valence-electron chi connectivity index (χ2n) is 7.03. The predicted molar refractivity (Wildman–Crippen MR) is 112 cm³/mol. The number of nitro groups is 1. The molecular formula is C21H20N4O6. The lowest BCUT2D eigenvalue weighted by Gasteiger charge is -2.22. The molecular weight excluding hydrogens is 404 g/mol. The van der Waals surface area contributed by atoms with E-state index in [9.17, 15) is 29.3 Å². The van der Waals surface area contributed by atoms with Crippen LogP contribution in [0.15, 0.2) is 36.4 Å². The zero-order valence-corrected chi connectivity index (χ0v) is 17.1. The first-order valence-electron chi connectivity index (χ1n) is 9.52. The first kappa shape index (κ1) is 21.6.